The Morgan fingerprint density at radius 2 is 1.79 bits per heavy atom. The van der Waals surface area contributed by atoms with Gasteiger partial charge in [0, 0.05) is 17.9 Å². The summed E-state index contributed by atoms with van der Waals surface area (Å²) < 4.78 is 44.0. The topological polar surface area (TPSA) is 42.8 Å². The zero-order chi connectivity index (χ0) is 14.3. The quantitative estimate of drug-likeness (QED) is 0.378. The second-order valence-electron chi connectivity index (χ2n) is 3.09. The summed E-state index contributed by atoms with van der Waals surface area (Å²) >= 11 is 1.53. The van der Waals surface area contributed by atoms with Crippen molar-refractivity contribution in [2.24, 2.45) is 0 Å². The summed E-state index contributed by atoms with van der Waals surface area (Å²) in [7, 11) is -6.00. The number of halogens is 4. The maximum atomic E-state index is 9.75. The lowest BCUT2D eigenvalue weighted by atomic mass is 10.3. The third-order valence-corrected chi connectivity index (χ3v) is 2.32. The number of hydrogen-bond donors (Lipinski definition) is 0. The van der Waals surface area contributed by atoms with Crippen LogP contribution >= 0.6 is 11.8 Å². The van der Waals surface area contributed by atoms with Gasteiger partial charge in [0.1, 0.15) is 4.80 Å². The Balaban J connectivity index is 0.000000312. The molecule has 1 aromatic heterocycles. The average molecular weight is 295 g/mol. The van der Waals surface area contributed by atoms with E-state index in [1.807, 2.05) is 37.3 Å². The predicted octanol–water partition coefficient (Wildman–Crippen LogP) is 2.76. The van der Waals surface area contributed by atoms with Crippen LogP contribution in [0.1, 0.15) is 6.92 Å². The normalized spacial score (nSPS) is 10.8. The van der Waals surface area contributed by atoms with E-state index in [1.54, 1.807) is 0 Å². The summed E-state index contributed by atoms with van der Waals surface area (Å²) in [4.78, 5) is 1.48. The summed E-state index contributed by atoms with van der Waals surface area (Å²) in [6.07, 6.45) is 0. The van der Waals surface area contributed by atoms with Gasteiger partial charge in [0.2, 0.25) is 5.27 Å². The van der Waals surface area contributed by atoms with E-state index in [0.29, 0.717) is 5.22 Å². The molecule has 19 heavy (non-hydrogen) atoms. The molecule has 4 nitrogen and oxygen atoms in total. The SMILES string of the molecule is CCSc1n[n+](-c2ccccc2)no1.F[B-](F)(F)F. The van der Waals surface area contributed by atoms with Gasteiger partial charge >= 0.3 is 12.5 Å². The Labute approximate surface area is 110 Å². The lowest BCUT2D eigenvalue weighted by Gasteiger charge is -1.94. The Morgan fingerprint density at radius 3 is 2.32 bits per heavy atom. The van der Waals surface area contributed by atoms with E-state index in [-0.39, 0.29) is 0 Å². The van der Waals surface area contributed by atoms with Gasteiger partial charge < -0.3 is 17.3 Å². The summed E-state index contributed by atoms with van der Waals surface area (Å²) in [5, 5.41) is 8.58. The minimum atomic E-state index is -6.00. The van der Waals surface area contributed by atoms with Crippen molar-refractivity contribution in [1.29, 1.82) is 0 Å². The highest BCUT2D eigenvalue weighted by Crippen LogP contribution is 2.11. The highest BCUT2D eigenvalue weighted by atomic mass is 32.2. The second-order valence-corrected chi connectivity index (χ2v) is 4.31. The van der Waals surface area contributed by atoms with Gasteiger partial charge in [-0.05, 0) is 0 Å². The Morgan fingerprint density at radius 1 is 1.21 bits per heavy atom. The molecule has 104 valence electrons. The fourth-order valence-electron chi connectivity index (χ4n) is 1.03. The number of benzene rings is 1. The van der Waals surface area contributed by atoms with Gasteiger partial charge in [0.25, 0.3) is 5.69 Å². The van der Waals surface area contributed by atoms with Crippen molar-refractivity contribution in [3.8, 4) is 5.69 Å². The van der Waals surface area contributed by atoms with Gasteiger partial charge in [-0.25, -0.2) is 0 Å². The van der Waals surface area contributed by atoms with Gasteiger partial charge in [-0.2, -0.15) is 0 Å². The second kappa shape index (κ2) is 7.12. The third kappa shape index (κ3) is 6.80. The van der Waals surface area contributed by atoms with Crippen LogP contribution in [0.3, 0.4) is 0 Å². The first-order valence-electron chi connectivity index (χ1n) is 5.22. The maximum absolute atomic E-state index is 9.75. The first-order valence-corrected chi connectivity index (χ1v) is 6.20. The molecule has 0 spiro atoms. The molecule has 0 radical (unpaired) electrons. The molecule has 1 heterocycles. The van der Waals surface area contributed by atoms with Gasteiger partial charge in [-0.1, -0.05) is 36.9 Å². The third-order valence-electron chi connectivity index (χ3n) is 1.63. The van der Waals surface area contributed by atoms with Gasteiger partial charge in [0.15, 0.2) is 0 Å². The van der Waals surface area contributed by atoms with E-state index in [2.05, 4.69) is 10.4 Å². The molecule has 2 rings (SSSR count). The molecule has 0 aliphatic rings. The van der Waals surface area contributed by atoms with E-state index < -0.39 is 7.25 Å². The van der Waals surface area contributed by atoms with Crippen LogP contribution in [0.15, 0.2) is 40.1 Å². The molecule has 0 aliphatic carbocycles. The number of thioether (sulfide) groups is 1. The number of para-hydroxylation sites is 1. The van der Waals surface area contributed by atoms with Crippen LogP contribution in [-0.4, -0.2) is 23.4 Å². The average Bonchev–Trinajstić information content (AvgIpc) is 2.77. The molecule has 0 aliphatic heterocycles. The lowest BCUT2D eigenvalue weighted by molar-refractivity contribution is -0.725. The summed E-state index contributed by atoms with van der Waals surface area (Å²) in [5.74, 6) is 0.928. The van der Waals surface area contributed by atoms with E-state index in [9.17, 15) is 17.3 Å². The molecule has 0 saturated heterocycles. The molecule has 0 amide bonds. The highest BCUT2D eigenvalue weighted by molar-refractivity contribution is 7.99. The Bertz CT molecular complexity index is 488. The fourth-order valence-corrected chi connectivity index (χ4v) is 1.50. The molecule has 0 bridgehead atoms. The number of rotatable bonds is 3. The van der Waals surface area contributed by atoms with E-state index >= 15 is 0 Å². The molecular formula is C9H10BF4N3OS. The van der Waals surface area contributed by atoms with E-state index in [4.69, 9.17) is 4.52 Å². The number of nitrogens with zero attached hydrogens (tertiary/aromatic N) is 3. The molecule has 0 N–H and O–H groups in total. The van der Waals surface area contributed by atoms with Crippen LogP contribution in [0.4, 0.5) is 17.3 Å². The van der Waals surface area contributed by atoms with Crippen LogP contribution in [-0.2, 0) is 0 Å². The van der Waals surface area contributed by atoms with Gasteiger partial charge in [0.05, 0.1) is 5.10 Å². The minimum Gasteiger partial charge on any atom is -0.418 e. The van der Waals surface area contributed by atoms with Crippen LogP contribution in [0, 0.1) is 0 Å². The summed E-state index contributed by atoms with van der Waals surface area (Å²) in [6, 6.07) is 9.67. The first kappa shape index (κ1) is 15.5. The lowest BCUT2D eigenvalue weighted by Crippen LogP contribution is -2.35. The molecule has 0 unspecified atom stereocenters. The molecular weight excluding hydrogens is 285 g/mol. The van der Waals surface area contributed by atoms with Crippen molar-refractivity contribution < 1.29 is 26.6 Å². The van der Waals surface area contributed by atoms with Gasteiger partial charge in [-0.3, -0.25) is 4.52 Å². The molecule has 0 fully saturated rings. The van der Waals surface area contributed by atoms with Crippen molar-refractivity contribution in [3.63, 3.8) is 0 Å². The van der Waals surface area contributed by atoms with Crippen LogP contribution in [0.2, 0.25) is 0 Å². The molecule has 2 aromatic rings. The van der Waals surface area contributed by atoms with Crippen LogP contribution in [0.25, 0.3) is 5.69 Å². The molecule has 10 heteroatoms. The zero-order valence-corrected chi connectivity index (χ0v) is 10.7. The predicted molar refractivity (Wildman–Crippen MR) is 62.4 cm³/mol. The Kier molecular flexibility index (Phi) is 5.80. The van der Waals surface area contributed by atoms with Crippen molar-refractivity contribution in [2.75, 3.05) is 5.75 Å². The van der Waals surface area contributed by atoms with Crippen molar-refractivity contribution >= 4 is 19.0 Å². The fraction of sp³-hybridized carbons (Fsp3) is 0.222. The van der Waals surface area contributed by atoms with Crippen molar-refractivity contribution in [1.82, 2.24) is 10.4 Å². The summed E-state index contributed by atoms with van der Waals surface area (Å²) in [6.45, 7) is 2.04. The minimum absolute atomic E-state index is 0.594. The first-order chi connectivity index (χ1) is 8.90. The molecule has 1 aromatic carbocycles. The maximum Gasteiger partial charge on any atom is 0.673 e. The van der Waals surface area contributed by atoms with Crippen LogP contribution in [0.5, 0.6) is 0 Å². The smallest absolute Gasteiger partial charge is 0.418 e. The standard InChI is InChI=1S/C9H10N3OS.BF4/c1-2-14-9-10-12(11-13-9)8-6-4-3-5-7-8;2-1(3,4)5/h3-7H,2H2,1H3;/q+1;-1. The zero-order valence-electron chi connectivity index (χ0n) is 9.84. The largest absolute Gasteiger partial charge is 0.673 e. The highest BCUT2D eigenvalue weighted by Gasteiger charge is 2.20. The molecule has 0 saturated carbocycles. The van der Waals surface area contributed by atoms with Gasteiger partial charge in [-0.15, -0.1) is 0 Å². The number of aromatic nitrogens is 3. The summed E-state index contributed by atoms with van der Waals surface area (Å²) in [5.41, 5.74) is 0.902. The van der Waals surface area contributed by atoms with Crippen molar-refractivity contribution in [2.45, 2.75) is 12.1 Å². The molecule has 0 atom stereocenters. The van der Waals surface area contributed by atoms with Crippen LogP contribution < -0.4 is 4.80 Å². The monoisotopic (exact) mass is 295 g/mol. The van der Waals surface area contributed by atoms with E-state index in [1.165, 1.54) is 16.6 Å². The number of hydrogen-bond acceptors (Lipinski definition) is 4. The Hall–Kier alpha value is -1.58. The van der Waals surface area contributed by atoms with Crippen molar-refractivity contribution in [3.05, 3.63) is 30.3 Å². The van der Waals surface area contributed by atoms with E-state index in [0.717, 1.165) is 11.4 Å².